The van der Waals surface area contributed by atoms with Crippen LogP contribution in [-0.2, 0) is 11.2 Å². The zero-order chi connectivity index (χ0) is 17.7. The lowest BCUT2D eigenvalue weighted by Gasteiger charge is -2.19. The van der Waals surface area contributed by atoms with E-state index in [0.717, 1.165) is 29.9 Å². The number of anilines is 2. The van der Waals surface area contributed by atoms with Crippen LogP contribution in [0.25, 0.3) is 0 Å². The summed E-state index contributed by atoms with van der Waals surface area (Å²) in [6.45, 7) is 0.733. The SMILES string of the molecule is COC(=O)c1ccc(CCNc2cc(Cl)c(Cl)cc2N(C)C)cc1. The summed E-state index contributed by atoms with van der Waals surface area (Å²) < 4.78 is 4.69. The van der Waals surface area contributed by atoms with Crippen LogP contribution in [0.15, 0.2) is 36.4 Å². The maximum atomic E-state index is 11.4. The molecule has 0 unspecified atom stereocenters. The van der Waals surface area contributed by atoms with Crippen LogP contribution in [0, 0.1) is 0 Å². The summed E-state index contributed by atoms with van der Waals surface area (Å²) in [4.78, 5) is 13.4. The molecule has 0 saturated heterocycles. The van der Waals surface area contributed by atoms with Gasteiger partial charge in [0.05, 0.1) is 34.1 Å². The van der Waals surface area contributed by atoms with Crippen molar-refractivity contribution in [2.75, 3.05) is 38.0 Å². The van der Waals surface area contributed by atoms with Crippen molar-refractivity contribution in [3.63, 3.8) is 0 Å². The fourth-order valence-electron chi connectivity index (χ4n) is 2.31. The van der Waals surface area contributed by atoms with Crippen molar-refractivity contribution >= 4 is 40.5 Å². The Bertz CT molecular complexity index is 716. The third-order valence-corrected chi connectivity index (χ3v) is 4.35. The Morgan fingerprint density at radius 2 is 1.75 bits per heavy atom. The van der Waals surface area contributed by atoms with Crippen LogP contribution in [0.5, 0.6) is 0 Å². The van der Waals surface area contributed by atoms with Crippen LogP contribution < -0.4 is 10.2 Å². The van der Waals surface area contributed by atoms with Crippen LogP contribution >= 0.6 is 23.2 Å². The lowest BCUT2D eigenvalue weighted by molar-refractivity contribution is 0.0600. The number of esters is 1. The number of rotatable bonds is 6. The molecule has 0 saturated carbocycles. The van der Waals surface area contributed by atoms with Gasteiger partial charge in [0.25, 0.3) is 0 Å². The van der Waals surface area contributed by atoms with Gasteiger partial charge in [-0.2, -0.15) is 0 Å². The van der Waals surface area contributed by atoms with E-state index in [4.69, 9.17) is 27.9 Å². The quantitative estimate of drug-likeness (QED) is 0.764. The minimum atomic E-state index is -0.328. The summed E-state index contributed by atoms with van der Waals surface area (Å²) in [6.07, 6.45) is 0.814. The molecule has 0 radical (unpaired) electrons. The Morgan fingerprint density at radius 3 is 2.33 bits per heavy atom. The minimum absolute atomic E-state index is 0.328. The van der Waals surface area contributed by atoms with Gasteiger partial charge in [0, 0.05) is 20.6 Å². The third-order valence-electron chi connectivity index (χ3n) is 3.62. The summed E-state index contributed by atoms with van der Waals surface area (Å²) in [5.41, 5.74) is 3.58. The Hall–Kier alpha value is -1.91. The van der Waals surface area contributed by atoms with E-state index in [1.165, 1.54) is 7.11 Å². The largest absolute Gasteiger partial charge is 0.465 e. The molecule has 0 fully saturated rings. The molecule has 0 aromatic heterocycles. The summed E-state index contributed by atoms with van der Waals surface area (Å²) in [7, 11) is 5.28. The highest BCUT2D eigenvalue weighted by molar-refractivity contribution is 6.42. The maximum absolute atomic E-state index is 11.4. The number of carbonyl (C=O) groups is 1. The first-order valence-corrected chi connectivity index (χ1v) is 8.25. The molecule has 0 aliphatic heterocycles. The van der Waals surface area contributed by atoms with Gasteiger partial charge in [-0.15, -0.1) is 0 Å². The van der Waals surface area contributed by atoms with Gasteiger partial charge in [0.2, 0.25) is 0 Å². The zero-order valence-electron chi connectivity index (χ0n) is 13.9. The van der Waals surface area contributed by atoms with Gasteiger partial charge in [-0.1, -0.05) is 35.3 Å². The molecule has 2 aromatic carbocycles. The second kappa shape index (κ2) is 8.27. The van der Waals surface area contributed by atoms with Gasteiger partial charge in [0.1, 0.15) is 0 Å². The number of carbonyl (C=O) groups excluding carboxylic acids is 1. The van der Waals surface area contributed by atoms with Gasteiger partial charge in [0.15, 0.2) is 0 Å². The minimum Gasteiger partial charge on any atom is -0.465 e. The van der Waals surface area contributed by atoms with E-state index in [1.54, 1.807) is 12.1 Å². The van der Waals surface area contributed by atoms with E-state index in [9.17, 15) is 4.79 Å². The zero-order valence-corrected chi connectivity index (χ0v) is 15.4. The number of halogens is 2. The fourth-order valence-corrected chi connectivity index (χ4v) is 2.64. The number of nitrogens with zero attached hydrogens (tertiary/aromatic N) is 1. The molecule has 0 heterocycles. The number of nitrogens with one attached hydrogen (secondary N) is 1. The molecule has 2 rings (SSSR count). The molecule has 0 spiro atoms. The molecule has 0 aliphatic carbocycles. The highest BCUT2D eigenvalue weighted by atomic mass is 35.5. The van der Waals surface area contributed by atoms with Crippen molar-refractivity contribution in [2.45, 2.75) is 6.42 Å². The molecule has 6 heteroatoms. The molecule has 2 aromatic rings. The average Bonchev–Trinajstić information content (AvgIpc) is 2.57. The van der Waals surface area contributed by atoms with Gasteiger partial charge in [-0.25, -0.2) is 4.79 Å². The molecule has 0 atom stereocenters. The lowest BCUT2D eigenvalue weighted by Crippen LogP contribution is -2.13. The topological polar surface area (TPSA) is 41.6 Å². The van der Waals surface area contributed by atoms with Gasteiger partial charge < -0.3 is 15.0 Å². The maximum Gasteiger partial charge on any atom is 0.337 e. The van der Waals surface area contributed by atoms with E-state index >= 15 is 0 Å². The van der Waals surface area contributed by atoms with E-state index in [1.807, 2.05) is 43.3 Å². The van der Waals surface area contributed by atoms with E-state index in [2.05, 4.69) is 5.32 Å². The molecule has 0 amide bonds. The fraction of sp³-hybridized carbons (Fsp3) is 0.278. The predicted molar refractivity (Wildman–Crippen MR) is 101 cm³/mol. The van der Waals surface area contributed by atoms with Crippen molar-refractivity contribution in [1.82, 2.24) is 0 Å². The highest BCUT2D eigenvalue weighted by Crippen LogP contribution is 2.34. The second-order valence-corrected chi connectivity index (χ2v) is 6.36. The van der Waals surface area contributed by atoms with Gasteiger partial charge >= 0.3 is 5.97 Å². The standard InChI is InChI=1S/C18H20Cl2N2O2/c1-22(2)17-11-15(20)14(19)10-16(17)21-9-8-12-4-6-13(7-5-12)18(23)24-3/h4-7,10-11,21H,8-9H2,1-3H3. The molecule has 0 aliphatic rings. The van der Waals surface area contributed by atoms with Crippen molar-refractivity contribution in [3.8, 4) is 0 Å². The summed E-state index contributed by atoms with van der Waals surface area (Å²) in [5, 5.41) is 4.44. The van der Waals surface area contributed by atoms with Crippen LogP contribution in [0.4, 0.5) is 11.4 Å². The first-order valence-electron chi connectivity index (χ1n) is 7.50. The Labute approximate surface area is 152 Å². The Balaban J connectivity index is 2.01. The molecular formula is C18H20Cl2N2O2. The van der Waals surface area contributed by atoms with Crippen molar-refractivity contribution < 1.29 is 9.53 Å². The predicted octanol–water partition coefficient (Wildman–Crippen LogP) is 4.50. The van der Waals surface area contributed by atoms with Crippen LogP contribution in [0.1, 0.15) is 15.9 Å². The van der Waals surface area contributed by atoms with Gasteiger partial charge in [-0.3, -0.25) is 0 Å². The molecule has 128 valence electrons. The highest BCUT2D eigenvalue weighted by Gasteiger charge is 2.09. The number of hydrogen-bond donors (Lipinski definition) is 1. The smallest absolute Gasteiger partial charge is 0.337 e. The summed E-state index contributed by atoms with van der Waals surface area (Å²) in [6, 6.07) is 11.1. The Morgan fingerprint density at radius 1 is 1.12 bits per heavy atom. The second-order valence-electron chi connectivity index (χ2n) is 5.54. The molecule has 1 N–H and O–H groups in total. The molecule has 24 heavy (non-hydrogen) atoms. The van der Waals surface area contributed by atoms with E-state index in [-0.39, 0.29) is 5.97 Å². The number of ether oxygens (including phenoxy) is 1. The summed E-state index contributed by atoms with van der Waals surface area (Å²) in [5.74, 6) is -0.328. The van der Waals surface area contributed by atoms with Crippen molar-refractivity contribution in [3.05, 3.63) is 57.6 Å². The third kappa shape index (κ3) is 4.56. The number of hydrogen-bond acceptors (Lipinski definition) is 4. The number of methoxy groups -OCH3 is 1. The van der Waals surface area contributed by atoms with E-state index in [0.29, 0.717) is 15.6 Å². The number of benzene rings is 2. The normalized spacial score (nSPS) is 10.4. The van der Waals surface area contributed by atoms with Crippen LogP contribution in [0.2, 0.25) is 10.0 Å². The van der Waals surface area contributed by atoms with Crippen molar-refractivity contribution in [2.24, 2.45) is 0 Å². The first kappa shape index (κ1) is 18.4. The van der Waals surface area contributed by atoms with Crippen LogP contribution in [0.3, 0.4) is 0 Å². The average molecular weight is 367 g/mol. The molecule has 0 bridgehead atoms. The van der Waals surface area contributed by atoms with Crippen molar-refractivity contribution in [1.29, 1.82) is 0 Å². The Kier molecular flexibility index (Phi) is 6.35. The first-order chi connectivity index (χ1) is 11.4. The summed E-state index contributed by atoms with van der Waals surface area (Å²) >= 11 is 12.2. The monoisotopic (exact) mass is 366 g/mol. The molecular weight excluding hydrogens is 347 g/mol. The van der Waals surface area contributed by atoms with Gasteiger partial charge in [-0.05, 0) is 36.2 Å². The van der Waals surface area contributed by atoms with Crippen LogP contribution in [-0.4, -0.2) is 33.7 Å². The van der Waals surface area contributed by atoms with E-state index < -0.39 is 0 Å². The molecule has 4 nitrogen and oxygen atoms in total. The lowest BCUT2D eigenvalue weighted by atomic mass is 10.1.